The average Bonchev–Trinajstić information content (AvgIpc) is 3.71. The molecule has 9 aromatic rings. The van der Waals surface area contributed by atoms with E-state index in [2.05, 4.69) is 182 Å². The monoisotopic (exact) mass is 630 g/mol. The van der Waals surface area contributed by atoms with Gasteiger partial charge in [0.05, 0.1) is 22.1 Å². The maximum absolute atomic E-state index is 2.51. The number of hydrogen-bond acceptors (Lipinski definition) is 0. The molecule has 2 aromatic heterocycles. The lowest BCUT2D eigenvalue weighted by atomic mass is 9.80. The number of fused-ring (bicyclic) bond motifs is 10. The predicted molar refractivity (Wildman–Crippen MR) is 209 cm³/mol. The smallest absolute Gasteiger partial charge is 0.0641 e. The van der Waals surface area contributed by atoms with E-state index in [0.29, 0.717) is 0 Å². The molecule has 7 aromatic carbocycles. The van der Waals surface area contributed by atoms with Crippen molar-refractivity contribution >= 4 is 54.4 Å². The first-order valence-electron chi connectivity index (χ1n) is 17.5. The second kappa shape index (κ2) is 9.96. The number of rotatable bonds is 3. The third kappa shape index (κ3) is 3.95. The fourth-order valence-electron chi connectivity index (χ4n) is 9.59. The van der Waals surface area contributed by atoms with Crippen LogP contribution < -0.4 is 0 Å². The molecule has 2 heteroatoms. The van der Waals surface area contributed by atoms with Crippen LogP contribution in [0.15, 0.2) is 146 Å². The first-order valence-corrected chi connectivity index (χ1v) is 17.5. The summed E-state index contributed by atoms with van der Waals surface area (Å²) in [4.78, 5) is 0. The topological polar surface area (TPSA) is 9.86 Å². The highest BCUT2D eigenvalue weighted by Gasteiger charge is 2.43. The lowest BCUT2D eigenvalue weighted by molar-refractivity contribution is 0.403. The summed E-state index contributed by atoms with van der Waals surface area (Å²) >= 11 is 0. The average molecular weight is 631 g/mol. The number of para-hydroxylation sites is 2. The van der Waals surface area contributed by atoms with Crippen LogP contribution in [0.3, 0.4) is 0 Å². The minimum Gasteiger partial charge on any atom is -0.309 e. The Kier molecular flexibility index (Phi) is 5.78. The van der Waals surface area contributed by atoms with Crippen molar-refractivity contribution in [3.05, 3.63) is 157 Å². The molecule has 2 nitrogen and oxygen atoms in total. The fourth-order valence-corrected chi connectivity index (χ4v) is 9.59. The fraction of sp³-hybridized carbons (Fsp3) is 0.149. The van der Waals surface area contributed by atoms with E-state index in [9.17, 15) is 0 Å². The second-order valence-electron chi connectivity index (χ2n) is 15.3. The maximum atomic E-state index is 2.51. The molecule has 0 saturated heterocycles. The molecular weight excluding hydrogens is 593 g/mol. The first kappa shape index (κ1) is 28.4. The molecule has 49 heavy (non-hydrogen) atoms. The van der Waals surface area contributed by atoms with Crippen molar-refractivity contribution in [3.63, 3.8) is 0 Å². The molecule has 1 aliphatic rings. The van der Waals surface area contributed by atoms with Gasteiger partial charge >= 0.3 is 0 Å². The summed E-state index contributed by atoms with van der Waals surface area (Å²) in [5.74, 6) is 0. The van der Waals surface area contributed by atoms with Gasteiger partial charge in [0.15, 0.2) is 0 Å². The molecule has 0 saturated carbocycles. The van der Waals surface area contributed by atoms with E-state index in [1.807, 2.05) is 0 Å². The summed E-state index contributed by atoms with van der Waals surface area (Å²) < 4.78 is 4.97. The van der Waals surface area contributed by atoms with Crippen molar-refractivity contribution in [2.75, 3.05) is 0 Å². The van der Waals surface area contributed by atoms with E-state index in [4.69, 9.17) is 0 Å². The Balaban J connectivity index is 1.26. The van der Waals surface area contributed by atoms with Gasteiger partial charge in [0.25, 0.3) is 0 Å². The van der Waals surface area contributed by atoms with Gasteiger partial charge in [-0.2, -0.15) is 0 Å². The minimum atomic E-state index is 0.134. The van der Waals surface area contributed by atoms with E-state index in [1.54, 1.807) is 0 Å². The Labute approximate surface area is 286 Å². The Morgan fingerprint density at radius 3 is 1.94 bits per heavy atom. The van der Waals surface area contributed by atoms with Crippen LogP contribution in [0, 0.1) is 0 Å². The third-order valence-electron chi connectivity index (χ3n) is 11.3. The van der Waals surface area contributed by atoms with Crippen LogP contribution in [0.2, 0.25) is 0 Å². The van der Waals surface area contributed by atoms with Crippen LogP contribution in [-0.4, -0.2) is 9.13 Å². The van der Waals surface area contributed by atoms with Gasteiger partial charge in [-0.05, 0) is 81.3 Å². The van der Waals surface area contributed by atoms with Crippen molar-refractivity contribution in [2.45, 2.75) is 44.9 Å². The molecule has 0 atom stereocenters. The summed E-state index contributed by atoms with van der Waals surface area (Å²) in [6.07, 6.45) is 1.16. The molecule has 236 valence electrons. The first-order chi connectivity index (χ1) is 23.8. The molecule has 2 heterocycles. The van der Waals surface area contributed by atoms with E-state index < -0.39 is 0 Å². The predicted octanol–water partition coefficient (Wildman–Crippen LogP) is 12.7. The highest BCUT2D eigenvalue weighted by molar-refractivity contribution is 6.28. The van der Waals surface area contributed by atoms with Crippen LogP contribution >= 0.6 is 0 Å². The van der Waals surface area contributed by atoms with Gasteiger partial charge in [-0.15, -0.1) is 0 Å². The number of nitrogens with zero attached hydrogens (tertiary/aromatic N) is 2. The van der Waals surface area contributed by atoms with Crippen LogP contribution in [-0.2, 0) is 10.8 Å². The number of aromatic nitrogens is 2. The molecule has 0 amide bonds. The van der Waals surface area contributed by atoms with Gasteiger partial charge in [0, 0.05) is 38.3 Å². The van der Waals surface area contributed by atoms with E-state index in [1.165, 1.54) is 88.0 Å². The molecule has 10 rings (SSSR count). The molecule has 0 N–H and O–H groups in total. The normalized spacial score (nSPS) is 15.2. The molecule has 0 aliphatic heterocycles. The summed E-state index contributed by atoms with van der Waals surface area (Å²) in [5, 5.41) is 7.63. The van der Waals surface area contributed by atoms with Crippen molar-refractivity contribution in [3.8, 4) is 22.5 Å². The van der Waals surface area contributed by atoms with Crippen LogP contribution in [0.4, 0.5) is 0 Å². The zero-order valence-electron chi connectivity index (χ0n) is 28.5. The van der Waals surface area contributed by atoms with Crippen LogP contribution in [0.25, 0.3) is 76.9 Å². The molecular formula is C47H38N2. The summed E-state index contributed by atoms with van der Waals surface area (Å²) in [6.45, 7) is 9.61. The summed E-state index contributed by atoms with van der Waals surface area (Å²) in [6, 6.07) is 54.0. The van der Waals surface area contributed by atoms with E-state index in [-0.39, 0.29) is 10.8 Å². The van der Waals surface area contributed by atoms with Crippen LogP contribution in [0.5, 0.6) is 0 Å². The Bertz CT molecular complexity index is 2770. The summed E-state index contributed by atoms with van der Waals surface area (Å²) in [5.41, 5.74) is 13.3. The van der Waals surface area contributed by atoms with Crippen molar-refractivity contribution in [1.82, 2.24) is 9.13 Å². The Morgan fingerprint density at radius 1 is 0.449 bits per heavy atom. The van der Waals surface area contributed by atoms with Crippen molar-refractivity contribution in [1.29, 1.82) is 0 Å². The number of hydrogen-bond donors (Lipinski definition) is 0. The minimum absolute atomic E-state index is 0.134. The maximum Gasteiger partial charge on any atom is 0.0641 e. The van der Waals surface area contributed by atoms with Gasteiger partial charge in [0.2, 0.25) is 0 Å². The van der Waals surface area contributed by atoms with E-state index >= 15 is 0 Å². The van der Waals surface area contributed by atoms with Gasteiger partial charge in [-0.25, -0.2) is 0 Å². The largest absolute Gasteiger partial charge is 0.309 e. The van der Waals surface area contributed by atoms with E-state index in [0.717, 1.165) is 6.42 Å². The molecule has 0 bridgehead atoms. The van der Waals surface area contributed by atoms with Gasteiger partial charge in [-0.3, -0.25) is 0 Å². The standard InChI is InChI=1S/C47H38N2/c1-46(2)29-47(3,4)43-34(18-12-19-39(43)46)31-21-24-33(25-22-31)48-40-20-11-10-17-38(40)42-41(48)28-27-37-36-26-23-30-13-8-9-16-35(30)44(36)49(45(37)42)32-14-6-5-7-15-32/h5-28H,29H2,1-4H3. The third-order valence-corrected chi connectivity index (χ3v) is 11.3. The Morgan fingerprint density at radius 2 is 1.12 bits per heavy atom. The SMILES string of the molecule is CC1(C)CC(C)(C)c2c(-c3ccc(-n4c5ccccc5c5c4ccc4c6ccc7ccccc7c6n(-c6ccccc6)c45)cc3)cccc21. The highest BCUT2D eigenvalue weighted by Crippen LogP contribution is 2.52. The Hall–Kier alpha value is -5.60. The van der Waals surface area contributed by atoms with Crippen LogP contribution in [0.1, 0.15) is 45.2 Å². The molecule has 0 spiro atoms. The molecule has 0 unspecified atom stereocenters. The molecule has 0 fully saturated rings. The zero-order chi connectivity index (χ0) is 33.1. The highest BCUT2D eigenvalue weighted by atomic mass is 15.0. The molecule has 0 radical (unpaired) electrons. The van der Waals surface area contributed by atoms with Gasteiger partial charge < -0.3 is 9.13 Å². The lowest BCUT2D eigenvalue weighted by Gasteiger charge is -2.23. The quantitative estimate of drug-likeness (QED) is 0.184. The second-order valence-corrected chi connectivity index (χ2v) is 15.3. The van der Waals surface area contributed by atoms with Crippen molar-refractivity contribution in [2.24, 2.45) is 0 Å². The van der Waals surface area contributed by atoms with Gasteiger partial charge in [-0.1, -0.05) is 137 Å². The zero-order valence-corrected chi connectivity index (χ0v) is 28.5. The van der Waals surface area contributed by atoms with Crippen molar-refractivity contribution < 1.29 is 0 Å². The summed E-state index contributed by atoms with van der Waals surface area (Å²) in [7, 11) is 0. The van der Waals surface area contributed by atoms with Gasteiger partial charge in [0.1, 0.15) is 0 Å². The lowest BCUT2D eigenvalue weighted by Crippen LogP contribution is -2.18. The molecule has 1 aliphatic carbocycles. The number of benzene rings is 7.